The van der Waals surface area contributed by atoms with E-state index >= 15 is 0 Å². The summed E-state index contributed by atoms with van der Waals surface area (Å²) in [5.74, 6) is -2.19. The lowest BCUT2D eigenvalue weighted by atomic mass is 10.2. The molecule has 1 aromatic rings. The third-order valence-corrected chi connectivity index (χ3v) is 4.15. The fourth-order valence-electron chi connectivity index (χ4n) is 2.41. The lowest BCUT2D eigenvalue weighted by Gasteiger charge is -2.22. The summed E-state index contributed by atoms with van der Waals surface area (Å²) < 4.78 is 10.1. The zero-order chi connectivity index (χ0) is 26.1. The number of aliphatic carboxylic acids is 1. The molecule has 12 heteroatoms. The molecule has 0 aliphatic carbocycles. The molecule has 2 atom stereocenters. The number of carboxylic acid groups (broad SMARTS) is 1. The van der Waals surface area contributed by atoms with E-state index in [0.717, 1.165) is 4.90 Å². The molecule has 0 aromatic heterocycles. The van der Waals surface area contributed by atoms with E-state index in [-0.39, 0.29) is 6.61 Å². The lowest BCUT2D eigenvalue weighted by Crippen LogP contribution is -2.51. The van der Waals surface area contributed by atoms with Crippen molar-refractivity contribution in [1.29, 1.82) is 0 Å². The first-order chi connectivity index (χ1) is 15.7. The highest BCUT2D eigenvalue weighted by Crippen LogP contribution is 2.12. The number of ether oxygens (including phenoxy) is 2. The number of nitrogens with zero attached hydrogens (tertiary/aromatic N) is 1. The van der Waals surface area contributed by atoms with Crippen LogP contribution in [0, 0.1) is 0 Å². The van der Waals surface area contributed by atoms with Gasteiger partial charge in [-0.05, 0) is 52.3 Å². The standard InChI is InChI=1S/C22H32N4O8/c1-13(23-18(29)14(2)24-20(31)34-22(3,4)5)19(30)25-16-9-7-15(8-10-16)12-33-21(32)26(6)11-17(27)28/h7-10,13-14H,11-12H2,1-6H3,(H,23,29)(H,24,31)(H,25,30)(H,27,28)/t13-,14-/m0/s1. The molecule has 12 nitrogen and oxygen atoms in total. The minimum Gasteiger partial charge on any atom is -0.480 e. The zero-order valence-electron chi connectivity index (χ0n) is 20.1. The van der Waals surface area contributed by atoms with Crippen LogP contribution in [0.4, 0.5) is 15.3 Å². The van der Waals surface area contributed by atoms with Crippen LogP contribution in [0.3, 0.4) is 0 Å². The molecule has 0 saturated heterocycles. The Labute approximate surface area is 198 Å². The summed E-state index contributed by atoms with van der Waals surface area (Å²) >= 11 is 0. The highest BCUT2D eigenvalue weighted by Gasteiger charge is 2.23. The molecule has 0 unspecified atom stereocenters. The van der Waals surface area contributed by atoms with Crippen molar-refractivity contribution in [2.75, 3.05) is 18.9 Å². The van der Waals surface area contributed by atoms with Crippen LogP contribution in [0.2, 0.25) is 0 Å². The first kappa shape index (κ1) is 28.2. The molecular weight excluding hydrogens is 448 g/mol. The predicted molar refractivity (Wildman–Crippen MR) is 122 cm³/mol. The fourth-order valence-corrected chi connectivity index (χ4v) is 2.41. The van der Waals surface area contributed by atoms with Crippen LogP contribution >= 0.6 is 0 Å². The monoisotopic (exact) mass is 480 g/mol. The van der Waals surface area contributed by atoms with E-state index in [4.69, 9.17) is 14.6 Å². The van der Waals surface area contributed by atoms with Gasteiger partial charge in [0.05, 0.1) is 0 Å². The van der Waals surface area contributed by atoms with Crippen molar-refractivity contribution in [3.8, 4) is 0 Å². The van der Waals surface area contributed by atoms with E-state index < -0.39 is 54.2 Å². The Kier molecular flexibility index (Phi) is 10.3. The molecule has 4 N–H and O–H groups in total. The summed E-state index contributed by atoms with van der Waals surface area (Å²) in [6, 6.07) is 4.61. The second-order valence-electron chi connectivity index (χ2n) is 8.59. The number of amides is 4. The summed E-state index contributed by atoms with van der Waals surface area (Å²) in [6.07, 6.45) is -1.52. The van der Waals surface area contributed by atoms with Gasteiger partial charge in [-0.25, -0.2) is 9.59 Å². The van der Waals surface area contributed by atoms with Crippen molar-refractivity contribution >= 4 is 35.7 Å². The van der Waals surface area contributed by atoms with Crippen LogP contribution in [0.25, 0.3) is 0 Å². The van der Waals surface area contributed by atoms with Crippen LogP contribution in [0.5, 0.6) is 0 Å². The van der Waals surface area contributed by atoms with Crippen LogP contribution in [0.1, 0.15) is 40.2 Å². The molecule has 0 heterocycles. The number of rotatable bonds is 9. The Bertz CT molecular complexity index is 895. The van der Waals surface area contributed by atoms with Gasteiger partial charge in [-0.15, -0.1) is 0 Å². The lowest BCUT2D eigenvalue weighted by molar-refractivity contribution is -0.137. The largest absolute Gasteiger partial charge is 0.480 e. The number of likely N-dealkylation sites (N-methyl/N-ethyl adjacent to an activating group) is 1. The van der Waals surface area contributed by atoms with E-state index in [9.17, 15) is 24.0 Å². The van der Waals surface area contributed by atoms with Crippen LogP contribution in [0.15, 0.2) is 24.3 Å². The minimum absolute atomic E-state index is 0.0774. The molecule has 0 aliphatic heterocycles. The molecular formula is C22H32N4O8. The van der Waals surface area contributed by atoms with Gasteiger partial charge in [-0.2, -0.15) is 0 Å². The summed E-state index contributed by atoms with van der Waals surface area (Å²) in [6.45, 7) is 7.50. The minimum atomic E-state index is -1.15. The highest BCUT2D eigenvalue weighted by atomic mass is 16.6. The molecule has 188 valence electrons. The molecule has 0 fully saturated rings. The second kappa shape index (κ2) is 12.4. The molecule has 0 bridgehead atoms. The third kappa shape index (κ3) is 10.7. The van der Waals surface area contributed by atoms with Gasteiger partial charge in [0.2, 0.25) is 11.8 Å². The van der Waals surface area contributed by atoms with E-state index in [1.165, 1.54) is 20.9 Å². The normalized spacial score (nSPS) is 12.5. The number of hydrogen-bond donors (Lipinski definition) is 4. The van der Waals surface area contributed by atoms with Crippen molar-refractivity contribution in [2.45, 2.75) is 58.9 Å². The highest BCUT2D eigenvalue weighted by molar-refractivity contribution is 5.97. The van der Waals surface area contributed by atoms with Crippen LogP contribution < -0.4 is 16.0 Å². The maximum absolute atomic E-state index is 12.4. The van der Waals surface area contributed by atoms with E-state index in [0.29, 0.717) is 11.3 Å². The number of anilines is 1. The van der Waals surface area contributed by atoms with Crippen molar-refractivity contribution in [1.82, 2.24) is 15.5 Å². The Hall–Kier alpha value is -3.83. The molecule has 4 amide bonds. The van der Waals surface area contributed by atoms with Gasteiger partial charge in [0.25, 0.3) is 0 Å². The number of benzene rings is 1. The van der Waals surface area contributed by atoms with Crippen LogP contribution in [-0.4, -0.2) is 71.3 Å². The number of carbonyl (C=O) groups excluding carboxylic acids is 4. The molecule has 0 radical (unpaired) electrons. The Morgan fingerprint density at radius 3 is 2.06 bits per heavy atom. The Morgan fingerprint density at radius 2 is 1.53 bits per heavy atom. The zero-order valence-corrected chi connectivity index (χ0v) is 20.1. The van der Waals surface area contributed by atoms with Gasteiger partial charge in [-0.1, -0.05) is 12.1 Å². The van der Waals surface area contributed by atoms with Crippen molar-refractivity contribution in [3.05, 3.63) is 29.8 Å². The van der Waals surface area contributed by atoms with Gasteiger partial charge in [0.1, 0.15) is 30.8 Å². The van der Waals surface area contributed by atoms with E-state index in [1.54, 1.807) is 45.0 Å². The third-order valence-electron chi connectivity index (χ3n) is 4.15. The molecule has 0 aliphatic rings. The number of hydrogen-bond acceptors (Lipinski definition) is 7. The first-order valence-corrected chi connectivity index (χ1v) is 10.5. The Morgan fingerprint density at radius 1 is 0.971 bits per heavy atom. The number of carboxylic acids is 1. The number of carbonyl (C=O) groups is 5. The second-order valence-corrected chi connectivity index (χ2v) is 8.59. The van der Waals surface area contributed by atoms with Gasteiger partial charge in [-0.3, -0.25) is 14.4 Å². The number of nitrogens with one attached hydrogen (secondary N) is 3. The number of alkyl carbamates (subject to hydrolysis) is 1. The fraction of sp³-hybridized carbons (Fsp3) is 0.500. The first-order valence-electron chi connectivity index (χ1n) is 10.5. The average Bonchev–Trinajstić information content (AvgIpc) is 2.70. The summed E-state index contributed by atoms with van der Waals surface area (Å²) in [5, 5.41) is 16.2. The summed E-state index contributed by atoms with van der Waals surface area (Å²) in [5.41, 5.74) is 0.365. The smallest absolute Gasteiger partial charge is 0.410 e. The van der Waals surface area contributed by atoms with Crippen molar-refractivity contribution in [3.63, 3.8) is 0 Å². The topological polar surface area (TPSA) is 163 Å². The Balaban J connectivity index is 2.51. The van der Waals surface area contributed by atoms with Gasteiger partial charge in [0, 0.05) is 12.7 Å². The molecule has 0 saturated carbocycles. The molecule has 1 aromatic carbocycles. The quantitative estimate of drug-likeness (QED) is 0.415. The molecule has 0 spiro atoms. The average molecular weight is 481 g/mol. The van der Waals surface area contributed by atoms with Gasteiger partial charge in [0.15, 0.2) is 0 Å². The summed E-state index contributed by atoms with van der Waals surface area (Å²) in [7, 11) is 1.31. The van der Waals surface area contributed by atoms with Gasteiger partial charge < -0.3 is 35.4 Å². The molecule has 1 rings (SSSR count). The van der Waals surface area contributed by atoms with Crippen molar-refractivity contribution < 1.29 is 38.6 Å². The maximum Gasteiger partial charge on any atom is 0.410 e. The van der Waals surface area contributed by atoms with E-state index in [2.05, 4.69) is 16.0 Å². The molecule has 34 heavy (non-hydrogen) atoms. The predicted octanol–water partition coefficient (Wildman–Crippen LogP) is 1.70. The van der Waals surface area contributed by atoms with Gasteiger partial charge >= 0.3 is 18.2 Å². The van der Waals surface area contributed by atoms with Crippen LogP contribution in [-0.2, 0) is 30.5 Å². The van der Waals surface area contributed by atoms with Crippen molar-refractivity contribution in [2.24, 2.45) is 0 Å². The van der Waals surface area contributed by atoms with E-state index in [1.807, 2.05) is 0 Å². The maximum atomic E-state index is 12.4. The SMILES string of the molecule is C[C@H](NC(=O)OC(C)(C)C)C(=O)N[C@@H](C)C(=O)Nc1ccc(COC(=O)N(C)CC(=O)O)cc1. The summed E-state index contributed by atoms with van der Waals surface area (Å²) in [4.78, 5) is 59.7.